The molecule has 26 heavy (non-hydrogen) atoms. The predicted octanol–water partition coefficient (Wildman–Crippen LogP) is 2.97. The summed E-state index contributed by atoms with van der Waals surface area (Å²) in [7, 11) is 2.09. The molecule has 0 aromatic carbocycles. The van der Waals surface area contributed by atoms with E-state index in [9.17, 15) is 4.79 Å². The molecule has 132 valence electrons. The van der Waals surface area contributed by atoms with Gasteiger partial charge in [-0.25, -0.2) is 4.98 Å². The fourth-order valence-corrected chi connectivity index (χ4v) is 3.27. The van der Waals surface area contributed by atoms with Gasteiger partial charge in [0.25, 0.3) is 0 Å². The molecule has 1 saturated heterocycles. The van der Waals surface area contributed by atoms with Crippen LogP contribution in [0.3, 0.4) is 0 Å². The maximum absolute atomic E-state index is 12.5. The number of anilines is 1. The molecule has 6 heteroatoms. The highest BCUT2D eigenvalue weighted by atomic mass is 16.1. The Bertz CT molecular complexity index is 920. The van der Waals surface area contributed by atoms with E-state index in [1.165, 1.54) is 0 Å². The molecule has 0 aliphatic carbocycles. The summed E-state index contributed by atoms with van der Waals surface area (Å²) in [6.07, 6.45) is 7.03. The molecule has 1 aliphatic rings. The molecule has 4 rings (SSSR count). The van der Waals surface area contributed by atoms with Gasteiger partial charge >= 0.3 is 0 Å². The quantitative estimate of drug-likeness (QED) is 0.789. The number of carbonyl (C=O) groups excluding carboxylic acids is 1. The zero-order valence-electron chi connectivity index (χ0n) is 14.7. The minimum atomic E-state index is 0.0544. The van der Waals surface area contributed by atoms with Crippen molar-refractivity contribution in [2.75, 3.05) is 25.5 Å². The Morgan fingerprint density at radius 2 is 1.96 bits per heavy atom. The van der Waals surface area contributed by atoms with Crippen LogP contribution in [0.15, 0.2) is 48.9 Å². The Morgan fingerprint density at radius 1 is 1.12 bits per heavy atom. The van der Waals surface area contributed by atoms with Crippen LogP contribution in [0.25, 0.3) is 22.2 Å². The molecule has 1 amide bonds. The van der Waals surface area contributed by atoms with Crippen molar-refractivity contribution in [2.24, 2.45) is 5.92 Å². The highest BCUT2D eigenvalue weighted by Gasteiger charge is 2.23. The minimum absolute atomic E-state index is 0.0544. The van der Waals surface area contributed by atoms with E-state index >= 15 is 0 Å². The fourth-order valence-electron chi connectivity index (χ4n) is 3.27. The predicted molar refractivity (Wildman–Crippen MR) is 102 cm³/mol. The maximum atomic E-state index is 12.5. The lowest BCUT2D eigenvalue weighted by molar-refractivity contribution is -0.121. The van der Waals surface area contributed by atoms with Crippen LogP contribution in [0, 0.1) is 5.92 Å². The lowest BCUT2D eigenvalue weighted by Crippen LogP contribution is -2.36. The largest absolute Gasteiger partial charge is 0.310 e. The Hall–Kier alpha value is -2.86. The average molecular weight is 347 g/mol. The summed E-state index contributed by atoms with van der Waals surface area (Å²) < 4.78 is 0. The smallest absolute Gasteiger partial charge is 0.228 e. The first-order valence-electron chi connectivity index (χ1n) is 8.86. The van der Waals surface area contributed by atoms with E-state index < -0.39 is 0 Å². The third-order valence-electron chi connectivity index (χ3n) is 4.87. The van der Waals surface area contributed by atoms with Crippen LogP contribution in [0.4, 0.5) is 5.82 Å². The molecule has 0 atom stereocenters. The van der Waals surface area contributed by atoms with Crippen molar-refractivity contribution in [3.8, 4) is 11.3 Å². The Morgan fingerprint density at radius 3 is 2.73 bits per heavy atom. The van der Waals surface area contributed by atoms with Gasteiger partial charge < -0.3 is 10.2 Å². The SMILES string of the molecule is CN1CCC(C(=O)Nc2cc3cc(-c4ccccn4)cnc3cn2)CC1. The Balaban J connectivity index is 1.55. The summed E-state index contributed by atoms with van der Waals surface area (Å²) in [6.45, 7) is 1.92. The van der Waals surface area contributed by atoms with Gasteiger partial charge in [-0.1, -0.05) is 6.07 Å². The molecule has 0 bridgehead atoms. The van der Waals surface area contributed by atoms with Crippen molar-refractivity contribution in [3.05, 3.63) is 48.9 Å². The number of amides is 1. The van der Waals surface area contributed by atoms with Gasteiger partial charge in [-0.05, 0) is 57.2 Å². The van der Waals surface area contributed by atoms with Crippen LogP contribution < -0.4 is 5.32 Å². The van der Waals surface area contributed by atoms with Crippen LogP contribution in [0.1, 0.15) is 12.8 Å². The van der Waals surface area contributed by atoms with Crippen molar-refractivity contribution in [1.29, 1.82) is 0 Å². The Labute approximate surface area is 152 Å². The highest BCUT2D eigenvalue weighted by Crippen LogP contribution is 2.23. The zero-order chi connectivity index (χ0) is 17.9. The molecule has 0 spiro atoms. The van der Waals surface area contributed by atoms with Crippen molar-refractivity contribution >= 4 is 22.6 Å². The Kier molecular flexibility index (Phi) is 4.58. The third kappa shape index (κ3) is 3.55. The summed E-state index contributed by atoms with van der Waals surface area (Å²) in [6, 6.07) is 9.69. The van der Waals surface area contributed by atoms with Gasteiger partial charge in [0.2, 0.25) is 5.91 Å². The topological polar surface area (TPSA) is 71.0 Å². The molecule has 4 heterocycles. The summed E-state index contributed by atoms with van der Waals surface area (Å²) in [4.78, 5) is 27.9. The zero-order valence-corrected chi connectivity index (χ0v) is 14.7. The van der Waals surface area contributed by atoms with Gasteiger partial charge in [0.15, 0.2) is 0 Å². The van der Waals surface area contributed by atoms with Gasteiger partial charge in [-0.3, -0.25) is 14.8 Å². The van der Waals surface area contributed by atoms with E-state index in [0.717, 1.165) is 48.1 Å². The first-order chi connectivity index (χ1) is 12.7. The molecule has 1 N–H and O–H groups in total. The number of piperidine rings is 1. The van der Waals surface area contributed by atoms with Crippen LogP contribution >= 0.6 is 0 Å². The standard InChI is InChI=1S/C20H21N5O/c1-25-8-5-14(6-9-25)20(26)24-19-11-15-10-16(12-22-18(15)13-23-19)17-4-2-3-7-21-17/h2-4,7,10-14H,5-6,8-9H2,1H3,(H,23,24,26). The molecule has 1 aliphatic heterocycles. The number of nitrogens with one attached hydrogen (secondary N) is 1. The monoisotopic (exact) mass is 347 g/mol. The van der Waals surface area contributed by atoms with E-state index in [2.05, 4.69) is 32.2 Å². The average Bonchev–Trinajstić information content (AvgIpc) is 2.68. The first kappa shape index (κ1) is 16.6. The normalized spacial score (nSPS) is 15.9. The van der Waals surface area contributed by atoms with E-state index in [1.54, 1.807) is 18.6 Å². The number of hydrogen-bond donors (Lipinski definition) is 1. The molecule has 0 radical (unpaired) electrons. The number of nitrogens with zero attached hydrogens (tertiary/aromatic N) is 4. The van der Waals surface area contributed by atoms with Crippen molar-refractivity contribution in [1.82, 2.24) is 19.9 Å². The highest BCUT2D eigenvalue weighted by molar-refractivity contribution is 5.94. The van der Waals surface area contributed by atoms with Crippen LogP contribution in [0.2, 0.25) is 0 Å². The molecule has 3 aromatic heterocycles. The van der Waals surface area contributed by atoms with Crippen molar-refractivity contribution < 1.29 is 4.79 Å². The number of fused-ring (bicyclic) bond motifs is 1. The lowest BCUT2D eigenvalue weighted by atomic mass is 9.96. The number of likely N-dealkylation sites (tertiary alicyclic amines) is 1. The first-order valence-corrected chi connectivity index (χ1v) is 8.86. The van der Waals surface area contributed by atoms with Gasteiger partial charge in [0.05, 0.1) is 17.4 Å². The van der Waals surface area contributed by atoms with Crippen molar-refractivity contribution in [2.45, 2.75) is 12.8 Å². The lowest BCUT2D eigenvalue weighted by Gasteiger charge is -2.27. The molecule has 6 nitrogen and oxygen atoms in total. The minimum Gasteiger partial charge on any atom is -0.310 e. The molecule has 0 unspecified atom stereocenters. The van der Waals surface area contributed by atoms with E-state index in [0.29, 0.717) is 5.82 Å². The summed E-state index contributed by atoms with van der Waals surface area (Å²) in [5.41, 5.74) is 2.61. The number of rotatable bonds is 3. The maximum Gasteiger partial charge on any atom is 0.228 e. The molecular weight excluding hydrogens is 326 g/mol. The van der Waals surface area contributed by atoms with Gasteiger partial charge in [-0.2, -0.15) is 0 Å². The number of carbonyl (C=O) groups is 1. The molecular formula is C20H21N5O. The molecule has 0 saturated carbocycles. The van der Waals surface area contributed by atoms with E-state index in [4.69, 9.17) is 0 Å². The second-order valence-electron chi connectivity index (χ2n) is 6.77. The van der Waals surface area contributed by atoms with Gasteiger partial charge in [0.1, 0.15) is 5.82 Å². The van der Waals surface area contributed by atoms with Crippen molar-refractivity contribution in [3.63, 3.8) is 0 Å². The number of pyridine rings is 3. The fraction of sp³-hybridized carbons (Fsp3) is 0.300. The summed E-state index contributed by atoms with van der Waals surface area (Å²) >= 11 is 0. The van der Waals surface area contributed by atoms with Crippen LogP contribution in [-0.4, -0.2) is 45.9 Å². The van der Waals surface area contributed by atoms with Gasteiger partial charge in [0, 0.05) is 29.3 Å². The third-order valence-corrected chi connectivity index (χ3v) is 4.87. The number of hydrogen-bond acceptors (Lipinski definition) is 5. The van der Waals surface area contributed by atoms with Crippen LogP contribution in [-0.2, 0) is 4.79 Å². The van der Waals surface area contributed by atoms with E-state index in [-0.39, 0.29) is 11.8 Å². The summed E-state index contributed by atoms with van der Waals surface area (Å²) in [5, 5.41) is 3.90. The second-order valence-corrected chi connectivity index (χ2v) is 6.77. The molecule has 1 fully saturated rings. The van der Waals surface area contributed by atoms with E-state index in [1.807, 2.05) is 30.3 Å². The van der Waals surface area contributed by atoms with Crippen LogP contribution in [0.5, 0.6) is 0 Å². The number of aromatic nitrogens is 3. The second kappa shape index (κ2) is 7.17. The summed E-state index contributed by atoms with van der Waals surface area (Å²) in [5.74, 6) is 0.682. The molecule has 3 aromatic rings. The van der Waals surface area contributed by atoms with Gasteiger partial charge in [-0.15, -0.1) is 0 Å².